The molecule has 1 saturated carbocycles. The zero-order valence-electron chi connectivity index (χ0n) is 18.9. The third-order valence-electron chi connectivity index (χ3n) is 6.53. The van der Waals surface area contributed by atoms with Crippen LogP contribution in [0.25, 0.3) is 0 Å². The first-order valence-electron chi connectivity index (χ1n) is 11.2. The molecule has 8 nitrogen and oxygen atoms in total. The third kappa shape index (κ3) is 3.87. The summed E-state index contributed by atoms with van der Waals surface area (Å²) in [5.74, 6) is 0.823. The molecule has 0 radical (unpaired) electrons. The van der Waals surface area contributed by atoms with E-state index in [1.807, 2.05) is 38.1 Å². The number of ether oxygens (including phenoxy) is 1. The lowest BCUT2D eigenvalue weighted by molar-refractivity contribution is -0.139. The lowest BCUT2D eigenvalue weighted by Crippen LogP contribution is -2.50. The molecule has 0 aromatic heterocycles. The smallest absolute Gasteiger partial charge is 0.327 e. The van der Waals surface area contributed by atoms with Crippen LogP contribution in [0.3, 0.4) is 0 Å². The Kier molecular flexibility index (Phi) is 6.46. The number of hydrogen-bond acceptors (Lipinski definition) is 6. The molecule has 2 saturated heterocycles. The summed E-state index contributed by atoms with van der Waals surface area (Å²) in [5.41, 5.74) is -0.132. The first kappa shape index (κ1) is 22.6. The summed E-state index contributed by atoms with van der Waals surface area (Å²) < 4.78 is 5.66. The quantitative estimate of drug-likeness (QED) is 0.629. The Hall–Kier alpha value is -2.55. The zero-order valence-corrected chi connectivity index (χ0v) is 19.7. The molecule has 2 heterocycles. The number of amidine groups is 1. The second-order valence-electron chi connectivity index (χ2n) is 8.54. The first-order chi connectivity index (χ1) is 15.4. The van der Waals surface area contributed by atoms with E-state index >= 15 is 0 Å². The van der Waals surface area contributed by atoms with Crippen molar-refractivity contribution in [2.45, 2.75) is 57.5 Å². The maximum atomic E-state index is 13.3. The van der Waals surface area contributed by atoms with Gasteiger partial charge in [0.2, 0.25) is 5.91 Å². The van der Waals surface area contributed by atoms with E-state index in [9.17, 15) is 14.4 Å². The summed E-state index contributed by atoms with van der Waals surface area (Å²) in [6, 6.07) is 6.98. The number of aliphatic imine (C=N–C) groups is 1. The fourth-order valence-electron chi connectivity index (χ4n) is 4.78. The minimum Gasteiger partial charge on any atom is -0.492 e. The van der Waals surface area contributed by atoms with Crippen molar-refractivity contribution in [3.63, 3.8) is 0 Å². The molecule has 2 aliphatic heterocycles. The molecule has 1 atom stereocenters. The van der Waals surface area contributed by atoms with Crippen LogP contribution < -0.4 is 4.74 Å². The summed E-state index contributed by atoms with van der Waals surface area (Å²) in [6.07, 6.45) is 4.23. The van der Waals surface area contributed by atoms with Crippen LogP contribution in [-0.4, -0.2) is 75.2 Å². The lowest BCUT2D eigenvalue weighted by Gasteiger charge is -2.35. The van der Waals surface area contributed by atoms with Crippen LogP contribution in [-0.2, 0) is 9.59 Å². The number of para-hydroxylation sites is 2. The van der Waals surface area contributed by atoms with Crippen LogP contribution in [0, 0.1) is 0 Å². The van der Waals surface area contributed by atoms with Gasteiger partial charge < -0.3 is 9.64 Å². The van der Waals surface area contributed by atoms with E-state index in [-0.39, 0.29) is 30.4 Å². The number of benzene rings is 1. The number of nitrogens with zero attached hydrogens (tertiary/aromatic N) is 4. The maximum Gasteiger partial charge on any atom is 0.327 e. The van der Waals surface area contributed by atoms with Gasteiger partial charge in [-0.3, -0.25) is 19.4 Å². The monoisotopic (exact) mass is 458 g/mol. The molecule has 1 aromatic rings. The Bertz CT molecular complexity index is 944. The highest BCUT2D eigenvalue weighted by Gasteiger charge is 2.56. The van der Waals surface area contributed by atoms with Gasteiger partial charge in [0.1, 0.15) is 23.5 Å². The van der Waals surface area contributed by atoms with Gasteiger partial charge in [0.15, 0.2) is 5.17 Å². The molecular formula is C23H30N4O4S. The van der Waals surface area contributed by atoms with Crippen molar-refractivity contribution < 1.29 is 19.1 Å². The molecule has 3 aliphatic rings. The normalized spacial score (nSPS) is 24.2. The molecular weight excluding hydrogens is 428 g/mol. The Balaban J connectivity index is 1.56. The molecule has 1 unspecified atom stereocenters. The average molecular weight is 459 g/mol. The van der Waals surface area contributed by atoms with Crippen LogP contribution in [0.15, 0.2) is 29.3 Å². The molecule has 4 amide bonds. The first-order valence-corrected chi connectivity index (χ1v) is 12.2. The summed E-state index contributed by atoms with van der Waals surface area (Å²) >= 11 is 1.49. The van der Waals surface area contributed by atoms with Crippen LogP contribution >= 0.6 is 11.8 Å². The number of hydrogen-bond donors (Lipinski definition) is 0. The predicted octanol–water partition coefficient (Wildman–Crippen LogP) is 3.63. The SMILES string of the molecule is CCOc1ccccc1N=C1SCC(C)N1C(=O)CN1C(=O)N(C)C2(CCCCC2)C1=O. The van der Waals surface area contributed by atoms with E-state index in [2.05, 4.69) is 0 Å². The number of carbonyl (C=O) groups excluding carboxylic acids is 3. The second kappa shape index (κ2) is 9.13. The van der Waals surface area contributed by atoms with E-state index in [1.54, 1.807) is 16.8 Å². The topological polar surface area (TPSA) is 82.5 Å². The molecule has 1 aliphatic carbocycles. The number of thioether (sulfide) groups is 1. The van der Waals surface area contributed by atoms with Gasteiger partial charge in [-0.2, -0.15) is 0 Å². The van der Waals surface area contributed by atoms with E-state index in [0.29, 0.717) is 41.8 Å². The van der Waals surface area contributed by atoms with E-state index < -0.39 is 5.54 Å². The molecule has 4 rings (SSSR count). The number of rotatable bonds is 5. The largest absolute Gasteiger partial charge is 0.492 e. The van der Waals surface area contributed by atoms with Crippen molar-refractivity contribution in [1.29, 1.82) is 0 Å². The van der Waals surface area contributed by atoms with Crippen molar-refractivity contribution in [3.05, 3.63) is 24.3 Å². The van der Waals surface area contributed by atoms with Crippen LogP contribution in [0.4, 0.5) is 10.5 Å². The van der Waals surface area contributed by atoms with Crippen LogP contribution in [0.5, 0.6) is 5.75 Å². The summed E-state index contributed by atoms with van der Waals surface area (Å²) in [7, 11) is 1.68. The highest BCUT2D eigenvalue weighted by atomic mass is 32.2. The number of imide groups is 1. The van der Waals surface area contributed by atoms with Crippen LogP contribution in [0.2, 0.25) is 0 Å². The summed E-state index contributed by atoms with van der Waals surface area (Å²) in [5, 5.41) is 0.564. The predicted molar refractivity (Wildman–Crippen MR) is 124 cm³/mol. The van der Waals surface area contributed by atoms with Gasteiger partial charge in [0, 0.05) is 18.8 Å². The Morgan fingerprint density at radius 3 is 2.66 bits per heavy atom. The minimum absolute atomic E-state index is 0.0836. The van der Waals surface area contributed by atoms with Gasteiger partial charge >= 0.3 is 6.03 Å². The average Bonchev–Trinajstić information content (AvgIpc) is 3.23. The standard InChI is InChI=1S/C23H30N4O4S/c1-4-31-18-11-7-6-10-17(18)24-21-27(16(2)15-32-21)19(28)14-26-20(29)23(25(3)22(26)30)12-8-5-9-13-23/h6-7,10-11,16H,4-5,8-9,12-15H2,1-3H3. The van der Waals surface area contributed by atoms with Gasteiger partial charge in [-0.1, -0.05) is 43.2 Å². The Morgan fingerprint density at radius 2 is 1.94 bits per heavy atom. The Morgan fingerprint density at radius 1 is 1.22 bits per heavy atom. The van der Waals surface area contributed by atoms with Gasteiger partial charge in [0.05, 0.1) is 6.61 Å². The second-order valence-corrected chi connectivity index (χ2v) is 9.53. The van der Waals surface area contributed by atoms with Gasteiger partial charge in [-0.25, -0.2) is 9.79 Å². The maximum absolute atomic E-state index is 13.3. The van der Waals surface area contributed by atoms with Crippen molar-refractivity contribution in [3.8, 4) is 5.75 Å². The molecule has 9 heteroatoms. The molecule has 0 N–H and O–H groups in total. The van der Waals surface area contributed by atoms with Crippen molar-refractivity contribution in [2.24, 2.45) is 4.99 Å². The lowest BCUT2D eigenvalue weighted by atomic mass is 9.81. The molecule has 1 spiro atoms. The number of carbonyl (C=O) groups is 3. The number of urea groups is 1. The molecule has 3 fully saturated rings. The minimum atomic E-state index is -0.783. The van der Waals surface area contributed by atoms with Crippen molar-refractivity contribution in [2.75, 3.05) is 26.0 Å². The van der Waals surface area contributed by atoms with E-state index in [4.69, 9.17) is 9.73 Å². The number of amides is 4. The zero-order chi connectivity index (χ0) is 22.9. The van der Waals surface area contributed by atoms with Crippen molar-refractivity contribution in [1.82, 2.24) is 14.7 Å². The molecule has 32 heavy (non-hydrogen) atoms. The van der Waals surface area contributed by atoms with Gasteiger partial charge in [0.25, 0.3) is 5.91 Å². The fraction of sp³-hybridized carbons (Fsp3) is 0.565. The molecule has 0 bridgehead atoms. The van der Waals surface area contributed by atoms with Gasteiger partial charge in [-0.15, -0.1) is 0 Å². The van der Waals surface area contributed by atoms with E-state index in [1.165, 1.54) is 11.8 Å². The summed E-state index contributed by atoms with van der Waals surface area (Å²) in [4.78, 5) is 48.5. The Labute approximate surface area is 193 Å². The molecule has 172 valence electrons. The van der Waals surface area contributed by atoms with Crippen LogP contribution in [0.1, 0.15) is 46.0 Å². The summed E-state index contributed by atoms with van der Waals surface area (Å²) in [6.45, 7) is 4.11. The fourth-order valence-corrected chi connectivity index (χ4v) is 5.90. The molecule has 1 aromatic carbocycles. The highest BCUT2D eigenvalue weighted by molar-refractivity contribution is 8.14. The number of likely N-dealkylation sites (N-methyl/N-ethyl adjacent to an activating group) is 1. The van der Waals surface area contributed by atoms with Gasteiger partial charge in [-0.05, 0) is 38.8 Å². The van der Waals surface area contributed by atoms with E-state index in [0.717, 1.165) is 24.2 Å². The van der Waals surface area contributed by atoms with Crippen molar-refractivity contribution >= 4 is 40.5 Å². The highest BCUT2D eigenvalue weighted by Crippen LogP contribution is 2.39. The third-order valence-corrected chi connectivity index (χ3v) is 7.72.